The number of imide groups is 1. The fourth-order valence-electron chi connectivity index (χ4n) is 1.95. The van der Waals surface area contributed by atoms with E-state index in [2.05, 4.69) is 0 Å². The smallest absolute Gasteiger partial charge is 0.318 e. The fourth-order valence-corrected chi connectivity index (χ4v) is 1.95. The van der Waals surface area contributed by atoms with Crippen LogP contribution in [0.25, 0.3) is 0 Å². The van der Waals surface area contributed by atoms with Gasteiger partial charge in [-0.3, -0.25) is 14.9 Å². The van der Waals surface area contributed by atoms with Crippen LogP contribution in [-0.4, -0.2) is 23.0 Å². The molecule has 1 rings (SSSR count). The highest BCUT2D eigenvalue weighted by atomic mass is 16.4. The van der Waals surface area contributed by atoms with E-state index >= 15 is 0 Å². The Balaban J connectivity index is 2.67. The van der Waals surface area contributed by atoms with Crippen molar-refractivity contribution in [2.45, 2.75) is 25.7 Å². The standard InChI is InChI=1S/C9H14N2O4/c10-9(15)11-7(12)5-3-1-2-4-6(5)8(13)14/h5-6H,1-4H2,(H,13,14)(H3,10,11,12,15)/t5-,6+/m1/s1. The van der Waals surface area contributed by atoms with Crippen LogP contribution in [0.1, 0.15) is 25.7 Å². The van der Waals surface area contributed by atoms with E-state index in [1.54, 1.807) is 0 Å². The van der Waals surface area contributed by atoms with Gasteiger partial charge in [0, 0.05) is 0 Å². The van der Waals surface area contributed by atoms with Crippen molar-refractivity contribution < 1.29 is 19.5 Å². The summed E-state index contributed by atoms with van der Waals surface area (Å²) in [5, 5.41) is 10.8. The molecule has 0 saturated heterocycles. The van der Waals surface area contributed by atoms with E-state index in [-0.39, 0.29) is 0 Å². The van der Waals surface area contributed by atoms with E-state index in [9.17, 15) is 14.4 Å². The molecular formula is C9H14N2O4. The van der Waals surface area contributed by atoms with Crippen LogP contribution in [-0.2, 0) is 9.59 Å². The number of amides is 3. The number of carboxylic acids is 1. The number of nitrogens with one attached hydrogen (secondary N) is 1. The zero-order valence-electron chi connectivity index (χ0n) is 8.23. The Hall–Kier alpha value is -1.59. The first-order valence-electron chi connectivity index (χ1n) is 4.85. The van der Waals surface area contributed by atoms with Crippen LogP contribution in [0.4, 0.5) is 4.79 Å². The summed E-state index contributed by atoms with van der Waals surface area (Å²) in [7, 11) is 0. The van der Waals surface area contributed by atoms with E-state index in [0.717, 1.165) is 12.8 Å². The lowest BCUT2D eigenvalue weighted by Gasteiger charge is -2.26. The lowest BCUT2D eigenvalue weighted by atomic mass is 9.79. The van der Waals surface area contributed by atoms with Crippen molar-refractivity contribution in [3.63, 3.8) is 0 Å². The molecule has 84 valence electrons. The molecule has 0 bridgehead atoms. The normalized spacial score (nSPS) is 25.6. The Morgan fingerprint density at radius 2 is 1.67 bits per heavy atom. The van der Waals surface area contributed by atoms with E-state index in [1.807, 2.05) is 5.32 Å². The molecule has 4 N–H and O–H groups in total. The van der Waals surface area contributed by atoms with Crippen LogP contribution in [0.5, 0.6) is 0 Å². The maximum Gasteiger partial charge on any atom is 0.318 e. The van der Waals surface area contributed by atoms with Crippen molar-refractivity contribution >= 4 is 17.9 Å². The summed E-state index contributed by atoms with van der Waals surface area (Å²) in [6, 6.07) is -0.935. The molecule has 15 heavy (non-hydrogen) atoms. The first-order chi connectivity index (χ1) is 7.02. The first kappa shape index (κ1) is 11.5. The largest absolute Gasteiger partial charge is 0.481 e. The van der Waals surface area contributed by atoms with Crippen LogP contribution in [0, 0.1) is 11.8 Å². The Labute approximate surface area is 86.8 Å². The van der Waals surface area contributed by atoms with Crippen LogP contribution < -0.4 is 11.1 Å². The van der Waals surface area contributed by atoms with Crippen molar-refractivity contribution in [2.75, 3.05) is 0 Å². The summed E-state index contributed by atoms with van der Waals surface area (Å²) in [6.07, 6.45) is 2.58. The minimum absolute atomic E-state index is 0.478. The minimum atomic E-state index is -0.987. The highest BCUT2D eigenvalue weighted by Gasteiger charge is 2.35. The Kier molecular flexibility index (Phi) is 3.65. The fraction of sp³-hybridized carbons (Fsp3) is 0.667. The molecule has 0 aromatic heterocycles. The number of carbonyl (C=O) groups excluding carboxylic acids is 2. The zero-order valence-corrected chi connectivity index (χ0v) is 8.23. The zero-order chi connectivity index (χ0) is 11.4. The van der Waals surface area contributed by atoms with Gasteiger partial charge >= 0.3 is 12.0 Å². The summed E-state index contributed by atoms with van der Waals surface area (Å²) < 4.78 is 0. The quantitative estimate of drug-likeness (QED) is 0.604. The van der Waals surface area contributed by atoms with Gasteiger partial charge in [0.2, 0.25) is 5.91 Å². The third-order valence-electron chi connectivity index (χ3n) is 2.67. The number of hydrogen-bond acceptors (Lipinski definition) is 3. The van der Waals surface area contributed by atoms with Crippen molar-refractivity contribution in [1.29, 1.82) is 0 Å². The number of nitrogens with two attached hydrogens (primary N) is 1. The second-order valence-electron chi connectivity index (χ2n) is 3.69. The molecule has 1 saturated carbocycles. The summed E-state index contributed by atoms with van der Waals surface area (Å²) >= 11 is 0. The van der Waals surface area contributed by atoms with Crippen molar-refractivity contribution in [2.24, 2.45) is 17.6 Å². The van der Waals surface area contributed by atoms with E-state index < -0.39 is 29.7 Å². The Morgan fingerprint density at radius 3 is 2.13 bits per heavy atom. The molecule has 0 aromatic carbocycles. The lowest BCUT2D eigenvalue weighted by molar-refractivity contribution is -0.148. The molecule has 0 heterocycles. The Bertz CT molecular complexity index is 290. The maximum absolute atomic E-state index is 11.4. The van der Waals surface area contributed by atoms with Gasteiger partial charge in [0.25, 0.3) is 0 Å². The van der Waals surface area contributed by atoms with Gasteiger partial charge in [-0.1, -0.05) is 12.8 Å². The number of primary amides is 1. The van der Waals surface area contributed by atoms with Gasteiger partial charge in [0.1, 0.15) is 0 Å². The van der Waals surface area contributed by atoms with E-state index in [0.29, 0.717) is 12.8 Å². The molecule has 1 aliphatic carbocycles. The second kappa shape index (κ2) is 4.77. The molecule has 1 fully saturated rings. The molecule has 0 aliphatic heterocycles. The molecule has 2 atom stereocenters. The molecule has 0 spiro atoms. The van der Waals surface area contributed by atoms with Gasteiger partial charge in [-0.15, -0.1) is 0 Å². The van der Waals surface area contributed by atoms with Gasteiger partial charge in [-0.05, 0) is 12.8 Å². The van der Waals surface area contributed by atoms with Crippen LogP contribution in [0.2, 0.25) is 0 Å². The summed E-state index contributed by atoms with van der Waals surface area (Å²) in [4.78, 5) is 32.8. The topological polar surface area (TPSA) is 109 Å². The monoisotopic (exact) mass is 214 g/mol. The molecule has 0 radical (unpaired) electrons. The lowest BCUT2D eigenvalue weighted by Crippen LogP contribution is -2.44. The number of hydrogen-bond donors (Lipinski definition) is 3. The molecule has 0 aromatic rings. The van der Waals surface area contributed by atoms with E-state index in [4.69, 9.17) is 10.8 Å². The highest BCUT2D eigenvalue weighted by Crippen LogP contribution is 2.30. The van der Waals surface area contributed by atoms with Crippen LogP contribution in [0.15, 0.2) is 0 Å². The average molecular weight is 214 g/mol. The van der Waals surface area contributed by atoms with Gasteiger partial charge in [-0.2, -0.15) is 0 Å². The molecular weight excluding hydrogens is 200 g/mol. The second-order valence-corrected chi connectivity index (χ2v) is 3.69. The highest BCUT2D eigenvalue weighted by molar-refractivity contribution is 5.96. The minimum Gasteiger partial charge on any atom is -0.481 e. The predicted octanol–water partition coefficient (Wildman–Crippen LogP) is 0.0723. The van der Waals surface area contributed by atoms with Gasteiger partial charge in [0.05, 0.1) is 11.8 Å². The van der Waals surface area contributed by atoms with Crippen LogP contribution >= 0.6 is 0 Å². The molecule has 6 nitrogen and oxygen atoms in total. The van der Waals surface area contributed by atoms with E-state index in [1.165, 1.54) is 0 Å². The number of carbonyl (C=O) groups is 3. The molecule has 6 heteroatoms. The predicted molar refractivity (Wildman–Crippen MR) is 50.8 cm³/mol. The maximum atomic E-state index is 11.4. The molecule has 0 unspecified atom stereocenters. The van der Waals surface area contributed by atoms with Crippen molar-refractivity contribution in [1.82, 2.24) is 5.32 Å². The number of urea groups is 1. The van der Waals surface area contributed by atoms with Gasteiger partial charge in [-0.25, -0.2) is 4.79 Å². The summed E-state index contributed by atoms with van der Waals surface area (Å²) in [5.74, 6) is -2.89. The molecule has 3 amide bonds. The summed E-state index contributed by atoms with van der Waals surface area (Å²) in [5.41, 5.74) is 4.80. The average Bonchev–Trinajstić information content (AvgIpc) is 2.16. The number of carboxylic acid groups (broad SMARTS) is 1. The Morgan fingerprint density at radius 1 is 1.13 bits per heavy atom. The summed E-state index contributed by atoms with van der Waals surface area (Å²) in [6.45, 7) is 0. The van der Waals surface area contributed by atoms with Gasteiger partial charge < -0.3 is 10.8 Å². The van der Waals surface area contributed by atoms with Crippen molar-refractivity contribution in [3.05, 3.63) is 0 Å². The number of aliphatic carboxylic acids is 1. The first-order valence-corrected chi connectivity index (χ1v) is 4.85. The van der Waals surface area contributed by atoms with Crippen molar-refractivity contribution in [3.8, 4) is 0 Å². The third kappa shape index (κ3) is 2.93. The SMILES string of the molecule is NC(=O)NC(=O)[C@@H]1CCCC[C@@H]1C(=O)O. The van der Waals surface area contributed by atoms with Crippen LogP contribution in [0.3, 0.4) is 0 Å². The van der Waals surface area contributed by atoms with Gasteiger partial charge in [0.15, 0.2) is 0 Å². The third-order valence-corrected chi connectivity index (χ3v) is 2.67. The molecule has 1 aliphatic rings. The number of rotatable bonds is 2.